The quantitative estimate of drug-likeness (QED) is 0.847. The van der Waals surface area contributed by atoms with Crippen molar-refractivity contribution in [2.75, 3.05) is 26.2 Å². The van der Waals surface area contributed by atoms with Crippen molar-refractivity contribution in [1.82, 2.24) is 14.5 Å². The van der Waals surface area contributed by atoms with Gasteiger partial charge in [-0.2, -0.15) is 0 Å². The first-order chi connectivity index (χ1) is 10.7. The number of hydrogen-bond acceptors (Lipinski definition) is 3. The summed E-state index contributed by atoms with van der Waals surface area (Å²) in [6.45, 7) is 6.90. The van der Waals surface area contributed by atoms with Crippen LogP contribution in [0.5, 0.6) is 0 Å². The van der Waals surface area contributed by atoms with E-state index in [1.807, 2.05) is 31.5 Å². The van der Waals surface area contributed by atoms with E-state index in [1.165, 1.54) is 5.56 Å². The molecule has 0 radical (unpaired) electrons. The average molecular weight is 320 g/mol. The normalized spacial score (nSPS) is 19.5. The van der Waals surface area contributed by atoms with Crippen molar-refractivity contribution in [2.24, 2.45) is 0 Å². The summed E-state index contributed by atoms with van der Waals surface area (Å²) in [5.41, 5.74) is 1.21. The number of imidazole rings is 1. The molecule has 2 heterocycles. The van der Waals surface area contributed by atoms with E-state index in [2.05, 4.69) is 26.6 Å². The van der Waals surface area contributed by atoms with Crippen LogP contribution in [-0.2, 0) is 11.3 Å². The second kappa shape index (κ2) is 7.27. The van der Waals surface area contributed by atoms with E-state index in [0.29, 0.717) is 0 Å². The number of aromatic nitrogens is 2. The van der Waals surface area contributed by atoms with Gasteiger partial charge in [-0.15, -0.1) is 0 Å². The minimum Gasteiger partial charge on any atom is -0.371 e. The molecule has 0 unspecified atom stereocenters. The topological polar surface area (TPSA) is 30.3 Å². The SMILES string of the molecule is Cc1nccn1CCCN1CCO[C@H](c2ccc(Cl)cc2)C1. The minimum atomic E-state index is 0.154. The smallest absolute Gasteiger partial charge is 0.105 e. The third-order valence-electron chi connectivity index (χ3n) is 4.19. The van der Waals surface area contributed by atoms with Crippen molar-refractivity contribution in [3.8, 4) is 0 Å². The summed E-state index contributed by atoms with van der Waals surface area (Å²) < 4.78 is 8.11. The third-order valence-corrected chi connectivity index (χ3v) is 4.44. The number of morpholine rings is 1. The number of hydrogen-bond donors (Lipinski definition) is 0. The Kier molecular flexibility index (Phi) is 5.13. The zero-order chi connectivity index (χ0) is 15.4. The van der Waals surface area contributed by atoms with E-state index in [0.717, 1.165) is 50.1 Å². The van der Waals surface area contributed by atoms with Crippen molar-refractivity contribution < 1.29 is 4.74 Å². The van der Waals surface area contributed by atoms with Crippen LogP contribution in [0.1, 0.15) is 23.9 Å². The molecule has 3 rings (SSSR count). The fourth-order valence-corrected chi connectivity index (χ4v) is 3.02. The fraction of sp³-hybridized carbons (Fsp3) is 0.471. The highest BCUT2D eigenvalue weighted by Crippen LogP contribution is 2.23. The second-order valence-corrected chi connectivity index (χ2v) is 6.17. The Morgan fingerprint density at radius 1 is 1.27 bits per heavy atom. The molecule has 0 bridgehead atoms. The van der Waals surface area contributed by atoms with Gasteiger partial charge in [-0.25, -0.2) is 4.98 Å². The predicted molar refractivity (Wildman–Crippen MR) is 88.2 cm³/mol. The summed E-state index contributed by atoms with van der Waals surface area (Å²) in [5, 5.41) is 0.770. The summed E-state index contributed by atoms with van der Waals surface area (Å²) in [6, 6.07) is 7.98. The Labute approximate surface area is 136 Å². The maximum Gasteiger partial charge on any atom is 0.105 e. The van der Waals surface area contributed by atoms with E-state index in [-0.39, 0.29) is 6.10 Å². The van der Waals surface area contributed by atoms with Crippen LogP contribution >= 0.6 is 11.6 Å². The highest BCUT2D eigenvalue weighted by molar-refractivity contribution is 6.30. The number of halogens is 1. The molecule has 118 valence electrons. The van der Waals surface area contributed by atoms with Crippen molar-refractivity contribution in [2.45, 2.75) is 26.0 Å². The maximum absolute atomic E-state index is 5.95. The highest BCUT2D eigenvalue weighted by atomic mass is 35.5. The molecule has 22 heavy (non-hydrogen) atoms. The van der Waals surface area contributed by atoms with Crippen molar-refractivity contribution in [3.05, 3.63) is 53.1 Å². The molecule has 2 aromatic rings. The maximum atomic E-state index is 5.95. The molecule has 1 aromatic heterocycles. The number of nitrogens with zero attached hydrogens (tertiary/aromatic N) is 3. The molecule has 1 aliphatic rings. The molecular weight excluding hydrogens is 298 g/mol. The lowest BCUT2D eigenvalue weighted by Crippen LogP contribution is -2.39. The Bertz CT molecular complexity index is 596. The number of ether oxygens (including phenoxy) is 1. The molecule has 1 fully saturated rings. The number of rotatable bonds is 5. The first-order valence-electron chi connectivity index (χ1n) is 7.79. The van der Waals surface area contributed by atoms with Gasteiger partial charge in [0.05, 0.1) is 12.7 Å². The molecule has 0 saturated carbocycles. The zero-order valence-corrected chi connectivity index (χ0v) is 13.7. The van der Waals surface area contributed by atoms with Crippen molar-refractivity contribution >= 4 is 11.6 Å². The van der Waals surface area contributed by atoms with E-state index >= 15 is 0 Å². The number of aryl methyl sites for hydroxylation is 2. The predicted octanol–water partition coefficient (Wildman–Crippen LogP) is 3.31. The first-order valence-corrected chi connectivity index (χ1v) is 8.17. The lowest BCUT2D eigenvalue weighted by Gasteiger charge is -2.33. The van der Waals surface area contributed by atoms with Crippen molar-refractivity contribution in [1.29, 1.82) is 0 Å². The lowest BCUT2D eigenvalue weighted by molar-refractivity contribution is -0.0305. The largest absolute Gasteiger partial charge is 0.371 e. The molecule has 0 aliphatic carbocycles. The van der Waals surface area contributed by atoms with Crippen LogP contribution in [0, 0.1) is 6.92 Å². The highest BCUT2D eigenvalue weighted by Gasteiger charge is 2.21. The van der Waals surface area contributed by atoms with Gasteiger partial charge in [0.25, 0.3) is 0 Å². The summed E-state index contributed by atoms with van der Waals surface area (Å²) in [4.78, 5) is 6.74. The van der Waals surface area contributed by atoms with E-state index in [4.69, 9.17) is 16.3 Å². The van der Waals surface area contributed by atoms with E-state index in [9.17, 15) is 0 Å². The van der Waals surface area contributed by atoms with E-state index in [1.54, 1.807) is 0 Å². The summed E-state index contributed by atoms with van der Waals surface area (Å²) in [7, 11) is 0. The monoisotopic (exact) mass is 319 g/mol. The lowest BCUT2D eigenvalue weighted by atomic mass is 10.1. The molecule has 5 heteroatoms. The van der Waals surface area contributed by atoms with Gasteiger partial charge in [0.2, 0.25) is 0 Å². The first kappa shape index (κ1) is 15.5. The van der Waals surface area contributed by atoms with Crippen LogP contribution in [-0.4, -0.2) is 40.7 Å². The van der Waals surface area contributed by atoms with Crippen molar-refractivity contribution in [3.63, 3.8) is 0 Å². The molecule has 1 aliphatic heterocycles. The van der Waals surface area contributed by atoms with Crippen LogP contribution in [0.2, 0.25) is 5.02 Å². The number of benzene rings is 1. The van der Waals surface area contributed by atoms with Gasteiger partial charge in [-0.05, 0) is 31.0 Å². The standard InChI is InChI=1S/C17H22ClN3O/c1-14-19-7-10-21(14)9-2-8-20-11-12-22-17(13-20)15-3-5-16(18)6-4-15/h3-7,10,17H,2,8-9,11-13H2,1H3/t17-/m0/s1. The van der Waals surface area contributed by atoms with Crippen LogP contribution in [0.25, 0.3) is 0 Å². The molecular formula is C17H22ClN3O. The fourth-order valence-electron chi connectivity index (χ4n) is 2.89. The second-order valence-electron chi connectivity index (χ2n) is 5.73. The van der Waals surface area contributed by atoms with Gasteiger partial charge in [-0.3, -0.25) is 4.90 Å². The molecule has 4 nitrogen and oxygen atoms in total. The summed E-state index contributed by atoms with van der Waals surface area (Å²) in [6.07, 6.45) is 5.19. The Hall–Kier alpha value is -1.36. The molecule has 0 spiro atoms. The van der Waals surface area contributed by atoms with Crippen LogP contribution in [0.4, 0.5) is 0 Å². The van der Waals surface area contributed by atoms with Gasteiger partial charge >= 0.3 is 0 Å². The minimum absolute atomic E-state index is 0.154. The van der Waals surface area contributed by atoms with Gasteiger partial charge in [0.15, 0.2) is 0 Å². The van der Waals surface area contributed by atoms with Crippen LogP contribution < -0.4 is 0 Å². The van der Waals surface area contributed by atoms with Crippen LogP contribution in [0.3, 0.4) is 0 Å². The zero-order valence-electron chi connectivity index (χ0n) is 12.9. The molecule has 1 saturated heterocycles. The Morgan fingerprint density at radius 2 is 2.09 bits per heavy atom. The average Bonchev–Trinajstić information content (AvgIpc) is 2.94. The van der Waals surface area contributed by atoms with Gasteiger partial charge in [-0.1, -0.05) is 23.7 Å². The molecule has 1 atom stereocenters. The van der Waals surface area contributed by atoms with Gasteiger partial charge in [0.1, 0.15) is 5.82 Å². The van der Waals surface area contributed by atoms with Gasteiger partial charge < -0.3 is 9.30 Å². The molecule has 1 aromatic carbocycles. The third kappa shape index (κ3) is 3.88. The van der Waals surface area contributed by atoms with Crippen LogP contribution in [0.15, 0.2) is 36.7 Å². The Morgan fingerprint density at radius 3 is 2.82 bits per heavy atom. The molecule has 0 amide bonds. The summed E-state index contributed by atoms with van der Waals surface area (Å²) >= 11 is 5.95. The van der Waals surface area contributed by atoms with E-state index < -0.39 is 0 Å². The summed E-state index contributed by atoms with van der Waals surface area (Å²) in [5.74, 6) is 1.08. The Balaban J connectivity index is 1.50. The molecule has 0 N–H and O–H groups in total. The van der Waals surface area contributed by atoms with Gasteiger partial charge in [0, 0.05) is 43.6 Å².